The summed E-state index contributed by atoms with van der Waals surface area (Å²) in [5.41, 5.74) is -0.0645. The van der Waals surface area contributed by atoms with E-state index in [1.807, 2.05) is 34.6 Å². The first-order valence-corrected chi connectivity index (χ1v) is 11.6. The Balaban J connectivity index is -0.000000167. The van der Waals surface area contributed by atoms with Crippen molar-refractivity contribution < 1.29 is 37.5 Å². The second-order valence-corrected chi connectivity index (χ2v) is 9.55. The van der Waals surface area contributed by atoms with E-state index >= 15 is 0 Å². The molecule has 171 valence electrons. The van der Waals surface area contributed by atoms with Gasteiger partial charge < -0.3 is 18.6 Å². The fourth-order valence-electron chi connectivity index (χ4n) is 2.65. The Kier molecular flexibility index (Phi) is 29.1. The molecule has 29 heavy (non-hydrogen) atoms. The van der Waals surface area contributed by atoms with Crippen molar-refractivity contribution in [3.63, 3.8) is 0 Å². The van der Waals surface area contributed by atoms with Crippen LogP contribution in [0.1, 0.15) is 127 Å². The normalized spacial score (nSPS) is 14.2. The summed E-state index contributed by atoms with van der Waals surface area (Å²) in [6.45, 7) is 26.1. The Labute approximate surface area is 211 Å². The number of hydrogen-bond acceptors (Lipinski definition) is 1. The van der Waals surface area contributed by atoms with Crippen LogP contribution in [0.4, 0.5) is 0 Å². The minimum Gasteiger partial charge on any atom is -0.343 e. The zero-order chi connectivity index (χ0) is 22.6. The minimum absolute atomic E-state index is 0. The summed E-state index contributed by atoms with van der Waals surface area (Å²) >= 11 is 0. The molecule has 0 spiro atoms. The van der Waals surface area contributed by atoms with Crippen molar-refractivity contribution in [2.75, 3.05) is 0 Å². The molecule has 1 unspecified atom stereocenters. The predicted molar refractivity (Wildman–Crippen MR) is 129 cm³/mol. The first-order chi connectivity index (χ1) is 13.0. The maximum absolute atomic E-state index is 11.8. The van der Waals surface area contributed by atoms with E-state index in [4.69, 9.17) is 0 Å². The van der Waals surface area contributed by atoms with Crippen molar-refractivity contribution in [2.24, 2.45) is 16.7 Å². The number of ketones is 1. The summed E-state index contributed by atoms with van der Waals surface area (Å²) in [6, 6.07) is 0. The fraction of sp³-hybridized carbons (Fsp3) is 0.815. The zero-order valence-electron chi connectivity index (χ0n) is 21.5. The molecule has 0 aromatic rings. The van der Waals surface area contributed by atoms with Gasteiger partial charge in [0, 0.05) is 51.0 Å². The van der Waals surface area contributed by atoms with Crippen molar-refractivity contribution in [1.29, 1.82) is 0 Å². The van der Waals surface area contributed by atoms with E-state index in [1.165, 1.54) is 38.5 Å². The van der Waals surface area contributed by atoms with Gasteiger partial charge in [0.1, 0.15) is 5.78 Å². The van der Waals surface area contributed by atoms with Gasteiger partial charge in [0.2, 0.25) is 0 Å². The molecule has 1 rings (SSSR count). The third kappa shape index (κ3) is 30.6. The molecule has 1 radical (unpaired) electrons. The fourth-order valence-corrected chi connectivity index (χ4v) is 2.65. The smallest absolute Gasteiger partial charge is 0.111 e. The van der Waals surface area contributed by atoms with Gasteiger partial charge in [0.15, 0.2) is 0 Å². The van der Waals surface area contributed by atoms with Gasteiger partial charge in [0.25, 0.3) is 0 Å². The van der Waals surface area contributed by atoms with E-state index in [1.54, 1.807) is 0 Å². The molecule has 0 N–H and O–H groups in total. The second-order valence-electron chi connectivity index (χ2n) is 9.55. The second kappa shape index (κ2) is 23.0. The summed E-state index contributed by atoms with van der Waals surface area (Å²) in [5, 5.41) is 0. The van der Waals surface area contributed by atoms with E-state index in [0.29, 0.717) is 0 Å². The van der Waals surface area contributed by atoms with Gasteiger partial charge in [-0.15, -0.1) is 17.8 Å². The van der Waals surface area contributed by atoms with Gasteiger partial charge in [-0.2, -0.15) is 6.42 Å². The molecule has 1 aliphatic carbocycles. The number of carbonyl (C=O) groups excluding carboxylic acids is 1. The largest absolute Gasteiger partial charge is 0.343 e. The van der Waals surface area contributed by atoms with Crippen molar-refractivity contribution in [3.8, 4) is 11.8 Å². The molecule has 1 aliphatic rings. The molecule has 2 heteroatoms. The molecular formula is C27H52OY-2. The van der Waals surface area contributed by atoms with Crippen molar-refractivity contribution in [2.45, 2.75) is 127 Å². The van der Waals surface area contributed by atoms with Crippen LogP contribution in [0.3, 0.4) is 0 Å². The van der Waals surface area contributed by atoms with E-state index in [9.17, 15) is 4.79 Å². The van der Waals surface area contributed by atoms with Crippen LogP contribution in [0.25, 0.3) is 0 Å². The molecule has 0 saturated carbocycles. The number of rotatable bonds is 4. The van der Waals surface area contributed by atoms with E-state index < -0.39 is 0 Å². The van der Waals surface area contributed by atoms with Gasteiger partial charge in [-0.1, -0.05) is 94.4 Å². The monoisotopic (exact) mass is 481 g/mol. The standard InChI is InChI=1S/C12H23O.C8H12.C5H11.C2H6.Y/c1-9(8-11(2,3)4)10(13)12(5,6)7;1-2-4-6-8-7-5-3-1;1-3-5-4-2;1-2;/h9H,1,8H2,2-7H3;1-6H2;1,3-5H2,2H3;1-2H3;/q-1;;-1;;. The molecule has 0 aromatic carbocycles. The molecule has 1 nitrogen and oxygen atoms in total. The predicted octanol–water partition coefficient (Wildman–Crippen LogP) is 8.87. The molecule has 0 bridgehead atoms. The maximum atomic E-state index is 11.8. The molecule has 1 atom stereocenters. The van der Waals surface area contributed by atoms with Crippen LogP contribution in [0.2, 0.25) is 0 Å². The molecule has 0 fully saturated rings. The number of unbranched alkanes of at least 4 members (excludes halogenated alkanes) is 2. The maximum Gasteiger partial charge on any atom is 0.111 e. The van der Waals surface area contributed by atoms with Crippen LogP contribution in [0.5, 0.6) is 0 Å². The number of carbonyl (C=O) groups is 1. The van der Waals surface area contributed by atoms with Crippen LogP contribution in [0.15, 0.2) is 0 Å². The van der Waals surface area contributed by atoms with E-state index in [0.717, 1.165) is 25.7 Å². The average molecular weight is 482 g/mol. The summed E-state index contributed by atoms with van der Waals surface area (Å²) in [7, 11) is 0. The van der Waals surface area contributed by atoms with Crippen molar-refractivity contribution in [1.82, 2.24) is 0 Å². The molecular weight excluding hydrogens is 429 g/mol. The Morgan fingerprint density at radius 1 is 0.931 bits per heavy atom. The average Bonchev–Trinajstić information content (AvgIpc) is 2.55. The molecule has 0 aromatic heterocycles. The Morgan fingerprint density at radius 3 is 1.59 bits per heavy atom. The van der Waals surface area contributed by atoms with Crippen LogP contribution in [-0.4, -0.2) is 5.78 Å². The Bertz CT molecular complexity index is 387. The van der Waals surface area contributed by atoms with Crippen LogP contribution in [0, 0.1) is 42.4 Å². The third-order valence-electron chi connectivity index (χ3n) is 4.05. The van der Waals surface area contributed by atoms with Gasteiger partial charge in [0.05, 0.1) is 0 Å². The first-order valence-electron chi connectivity index (χ1n) is 11.6. The van der Waals surface area contributed by atoms with Gasteiger partial charge in [-0.05, 0) is 18.3 Å². The summed E-state index contributed by atoms with van der Waals surface area (Å²) in [4.78, 5) is 11.8. The SMILES string of the molecule is C1#CCCCCCC1.CC.[CH2-]C(CC(C)(C)C)C(=O)C(C)(C)C.[CH2-]CCCC.[Y]. The van der Waals surface area contributed by atoms with Crippen LogP contribution < -0.4 is 0 Å². The molecule has 0 heterocycles. The Morgan fingerprint density at radius 2 is 1.34 bits per heavy atom. The zero-order valence-corrected chi connectivity index (χ0v) is 24.4. The number of Topliss-reactive ketones (excluding diaryl/α,β-unsaturated/α-hetero) is 1. The quantitative estimate of drug-likeness (QED) is 0.289. The minimum atomic E-state index is -0.252. The van der Waals surface area contributed by atoms with Gasteiger partial charge in [-0.3, -0.25) is 0 Å². The van der Waals surface area contributed by atoms with Crippen LogP contribution >= 0.6 is 0 Å². The van der Waals surface area contributed by atoms with Gasteiger partial charge >= 0.3 is 0 Å². The summed E-state index contributed by atoms with van der Waals surface area (Å²) in [5.74, 6) is 6.47. The first kappa shape index (κ1) is 36.7. The molecule has 0 aliphatic heterocycles. The molecule has 0 saturated heterocycles. The molecule has 0 amide bonds. The number of hydrogen-bond donors (Lipinski definition) is 0. The van der Waals surface area contributed by atoms with E-state index in [-0.39, 0.29) is 55.2 Å². The Hall–Kier alpha value is 0.334. The summed E-state index contributed by atoms with van der Waals surface area (Å²) in [6.07, 6.45) is 12.2. The third-order valence-corrected chi connectivity index (χ3v) is 4.05. The topological polar surface area (TPSA) is 17.1 Å². The van der Waals surface area contributed by atoms with Crippen molar-refractivity contribution in [3.05, 3.63) is 13.8 Å². The van der Waals surface area contributed by atoms with Crippen LogP contribution in [-0.2, 0) is 37.5 Å². The van der Waals surface area contributed by atoms with E-state index in [2.05, 4.69) is 53.4 Å². The van der Waals surface area contributed by atoms with Crippen molar-refractivity contribution >= 4 is 5.78 Å². The summed E-state index contributed by atoms with van der Waals surface area (Å²) < 4.78 is 0. The van der Waals surface area contributed by atoms with Gasteiger partial charge in [-0.25, -0.2) is 0 Å².